The molecule has 0 aromatic heterocycles. The van der Waals surface area contributed by atoms with Crippen LogP contribution in [0.5, 0.6) is 0 Å². The minimum absolute atomic E-state index is 0.175. The van der Waals surface area contributed by atoms with E-state index in [1.165, 1.54) is 11.1 Å². The molecule has 0 spiro atoms. The van der Waals surface area contributed by atoms with Gasteiger partial charge in [0.15, 0.2) is 0 Å². The standard InChI is InChI=1S/C15H23NO/c1-12(2)10-13-4-3-5-14(11-13)15(16)6-8-17-9-7-15/h3-5,11-12H,6-10,16H2,1-2H3. The molecule has 1 aromatic carbocycles. The van der Waals surface area contributed by atoms with Crippen LogP contribution in [0.15, 0.2) is 24.3 Å². The molecule has 0 bridgehead atoms. The highest BCUT2D eigenvalue weighted by molar-refractivity contribution is 5.30. The summed E-state index contributed by atoms with van der Waals surface area (Å²) in [6.45, 7) is 6.06. The number of benzene rings is 1. The van der Waals surface area contributed by atoms with Gasteiger partial charge >= 0.3 is 0 Å². The second kappa shape index (κ2) is 5.19. The summed E-state index contributed by atoms with van der Waals surface area (Å²) in [6.07, 6.45) is 2.98. The molecule has 0 saturated carbocycles. The maximum atomic E-state index is 6.50. The molecule has 1 heterocycles. The molecule has 0 aliphatic carbocycles. The highest BCUT2D eigenvalue weighted by Gasteiger charge is 2.29. The normalized spacial score (nSPS) is 19.5. The Bertz CT molecular complexity index is 367. The lowest BCUT2D eigenvalue weighted by Crippen LogP contribution is -2.42. The van der Waals surface area contributed by atoms with E-state index in [0.29, 0.717) is 5.92 Å². The number of hydrogen-bond acceptors (Lipinski definition) is 2. The van der Waals surface area contributed by atoms with Gasteiger partial charge in [0.25, 0.3) is 0 Å². The summed E-state index contributed by atoms with van der Waals surface area (Å²) in [5.41, 5.74) is 9.00. The third-order valence-corrected chi connectivity index (χ3v) is 3.53. The van der Waals surface area contributed by atoms with Gasteiger partial charge < -0.3 is 10.5 Å². The Morgan fingerprint density at radius 3 is 2.65 bits per heavy atom. The average molecular weight is 233 g/mol. The largest absolute Gasteiger partial charge is 0.381 e. The molecule has 2 N–H and O–H groups in total. The van der Waals surface area contributed by atoms with Crippen molar-refractivity contribution in [3.05, 3.63) is 35.4 Å². The number of rotatable bonds is 3. The first-order valence-corrected chi connectivity index (χ1v) is 6.56. The molecule has 2 rings (SSSR count). The fraction of sp³-hybridized carbons (Fsp3) is 0.600. The van der Waals surface area contributed by atoms with Crippen molar-refractivity contribution in [2.75, 3.05) is 13.2 Å². The molecule has 17 heavy (non-hydrogen) atoms. The van der Waals surface area contributed by atoms with Crippen LogP contribution in [-0.2, 0) is 16.7 Å². The van der Waals surface area contributed by atoms with Crippen molar-refractivity contribution < 1.29 is 4.74 Å². The van der Waals surface area contributed by atoms with Gasteiger partial charge in [0.1, 0.15) is 0 Å². The summed E-state index contributed by atoms with van der Waals surface area (Å²) in [5.74, 6) is 0.689. The van der Waals surface area contributed by atoms with Gasteiger partial charge in [0.05, 0.1) is 0 Å². The molecular weight excluding hydrogens is 210 g/mol. The molecule has 1 aliphatic rings. The SMILES string of the molecule is CC(C)Cc1cccc(C2(N)CCOCC2)c1. The van der Waals surface area contributed by atoms with E-state index in [-0.39, 0.29) is 5.54 Å². The molecule has 2 nitrogen and oxygen atoms in total. The molecule has 0 unspecified atom stereocenters. The second-order valence-corrected chi connectivity index (χ2v) is 5.57. The predicted octanol–water partition coefficient (Wildman–Crippen LogP) is 2.85. The third kappa shape index (κ3) is 3.08. The van der Waals surface area contributed by atoms with Crippen LogP contribution in [0.25, 0.3) is 0 Å². The molecule has 0 amide bonds. The van der Waals surface area contributed by atoms with Crippen LogP contribution < -0.4 is 5.73 Å². The zero-order valence-electron chi connectivity index (χ0n) is 10.9. The first-order chi connectivity index (χ1) is 8.10. The van der Waals surface area contributed by atoms with Crippen LogP contribution >= 0.6 is 0 Å². The molecule has 1 aliphatic heterocycles. The summed E-state index contributed by atoms with van der Waals surface area (Å²) in [5, 5.41) is 0. The molecule has 1 saturated heterocycles. The van der Waals surface area contributed by atoms with Crippen LogP contribution in [-0.4, -0.2) is 13.2 Å². The highest BCUT2D eigenvalue weighted by Crippen LogP contribution is 2.30. The Morgan fingerprint density at radius 1 is 1.29 bits per heavy atom. The maximum Gasteiger partial charge on any atom is 0.0486 e. The van der Waals surface area contributed by atoms with Crippen molar-refractivity contribution in [1.82, 2.24) is 0 Å². The van der Waals surface area contributed by atoms with Crippen LogP contribution in [0, 0.1) is 5.92 Å². The lowest BCUT2D eigenvalue weighted by atomic mass is 9.82. The Kier molecular flexibility index (Phi) is 3.85. The Hall–Kier alpha value is -0.860. The van der Waals surface area contributed by atoms with Gasteiger partial charge in [0, 0.05) is 18.8 Å². The van der Waals surface area contributed by atoms with Crippen LogP contribution in [0.1, 0.15) is 37.8 Å². The van der Waals surface area contributed by atoms with Crippen LogP contribution in [0.3, 0.4) is 0 Å². The van der Waals surface area contributed by atoms with E-state index in [1.807, 2.05) is 0 Å². The molecule has 1 fully saturated rings. The van der Waals surface area contributed by atoms with E-state index in [9.17, 15) is 0 Å². The number of nitrogens with two attached hydrogens (primary N) is 1. The smallest absolute Gasteiger partial charge is 0.0486 e. The minimum Gasteiger partial charge on any atom is -0.381 e. The van der Waals surface area contributed by atoms with Crippen molar-refractivity contribution >= 4 is 0 Å². The summed E-state index contributed by atoms with van der Waals surface area (Å²) in [4.78, 5) is 0. The lowest BCUT2D eigenvalue weighted by Gasteiger charge is -2.34. The fourth-order valence-electron chi connectivity index (χ4n) is 2.50. The Morgan fingerprint density at radius 2 is 2.00 bits per heavy atom. The zero-order chi connectivity index (χ0) is 12.3. The second-order valence-electron chi connectivity index (χ2n) is 5.57. The molecular formula is C15H23NO. The van der Waals surface area contributed by atoms with E-state index in [2.05, 4.69) is 38.1 Å². The van der Waals surface area contributed by atoms with Gasteiger partial charge in [-0.25, -0.2) is 0 Å². The summed E-state index contributed by atoms with van der Waals surface area (Å²) < 4.78 is 5.40. The van der Waals surface area contributed by atoms with Gasteiger partial charge in [-0.15, -0.1) is 0 Å². The van der Waals surface area contributed by atoms with Crippen LogP contribution in [0.4, 0.5) is 0 Å². The zero-order valence-corrected chi connectivity index (χ0v) is 10.9. The van der Waals surface area contributed by atoms with Crippen molar-refractivity contribution in [2.45, 2.75) is 38.6 Å². The van der Waals surface area contributed by atoms with E-state index < -0.39 is 0 Å². The van der Waals surface area contributed by atoms with Gasteiger partial charge in [0.2, 0.25) is 0 Å². The van der Waals surface area contributed by atoms with Crippen molar-refractivity contribution in [3.63, 3.8) is 0 Å². The van der Waals surface area contributed by atoms with Crippen LogP contribution in [0.2, 0.25) is 0 Å². The Balaban J connectivity index is 2.19. The first-order valence-electron chi connectivity index (χ1n) is 6.56. The van der Waals surface area contributed by atoms with Crippen molar-refractivity contribution in [3.8, 4) is 0 Å². The number of ether oxygens (including phenoxy) is 1. The highest BCUT2D eigenvalue weighted by atomic mass is 16.5. The molecule has 94 valence electrons. The van der Waals surface area contributed by atoms with E-state index in [0.717, 1.165) is 32.5 Å². The molecule has 0 radical (unpaired) electrons. The summed E-state index contributed by atoms with van der Waals surface area (Å²) >= 11 is 0. The minimum atomic E-state index is -0.175. The monoisotopic (exact) mass is 233 g/mol. The van der Waals surface area contributed by atoms with Gasteiger partial charge in [-0.2, -0.15) is 0 Å². The van der Waals surface area contributed by atoms with E-state index in [4.69, 9.17) is 10.5 Å². The van der Waals surface area contributed by atoms with Crippen molar-refractivity contribution in [1.29, 1.82) is 0 Å². The third-order valence-electron chi connectivity index (χ3n) is 3.53. The molecule has 2 heteroatoms. The van der Waals surface area contributed by atoms with Gasteiger partial charge in [-0.3, -0.25) is 0 Å². The fourth-order valence-corrected chi connectivity index (χ4v) is 2.50. The van der Waals surface area contributed by atoms with E-state index >= 15 is 0 Å². The topological polar surface area (TPSA) is 35.2 Å². The summed E-state index contributed by atoms with van der Waals surface area (Å²) in [7, 11) is 0. The molecule has 1 aromatic rings. The van der Waals surface area contributed by atoms with Crippen molar-refractivity contribution in [2.24, 2.45) is 11.7 Å². The molecule has 0 atom stereocenters. The van der Waals surface area contributed by atoms with E-state index in [1.54, 1.807) is 0 Å². The summed E-state index contributed by atoms with van der Waals surface area (Å²) in [6, 6.07) is 8.78. The van der Waals surface area contributed by atoms with Gasteiger partial charge in [-0.1, -0.05) is 38.1 Å². The lowest BCUT2D eigenvalue weighted by molar-refractivity contribution is 0.0522. The predicted molar refractivity (Wildman–Crippen MR) is 70.9 cm³/mol. The quantitative estimate of drug-likeness (QED) is 0.871. The first kappa shape index (κ1) is 12.6. The number of hydrogen-bond donors (Lipinski definition) is 1. The maximum absolute atomic E-state index is 6.50. The van der Waals surface area contributed by atoms with Gasteiger partial charge in [-0.05, 0) is 36.3 Å². The average Bonchev–Trinajstić information content (AvgIpc) is 2.29. The Labute approximate surface area is 104 Å².